The summed E-state index contributed by atoms with van der Waals surface area (Å²) >= 11 is 0. The van der Waals surface area contributed by atoms with E-state index in [9.17, 15) is 9.59 Å². The van der Waals surface area contributed by atoms with Gasteiger partial charge in [0.15, 0.2) is 0 Å². The molecule has 2 amide bonds. The van der Waals surface area contributed by atoms with Crippen molar-refractivity contribution < 1.29 is 14.0 Å². The van der Waals surface area contributed by atoms with Crippen LogP contribution in [0.3, 0.4) is 0 Å². The Morgan fingerprint density at radius 3 is 1.59 bits per heavy atom. The maximum atomic E-state index is 12.2. The summed E-state index contributed by atoms with van der Waals surface area (Å²) in [5, 5.41) is 5.75. The zero-order valence-corrected chi connectivity index (χ0v) is 24.6. The first-order valence-electron chi connectivity index (χ1n) is 15.9. The van der Waals surface area contributed by atoms with Gasteiger partial charge in [-0.15, -0.1) is 0 Å². The van der Waals surface area contributed by atoms with Gasteiger partial charge in [0.25, 0.3) is 5.91 Å². The number of nitrogens with one attached hydrogen (secondary N) is 2. The molecule has 0 aliphatic heterocycles. The van der Waals surface area contributed by atoms with E-state index in [-0.39, 0.29) is 11.8 Å². The number of hydrogen-bond acceptors (Lipinski definition) is 3. The van der Waals surface area contributed by atoms with Crippen LogP contribution in [-0.2, 0) is 11.3 Å². The molecule has 5 heteroatoms. The van der Waals surface area contributed by atoms with Gasteiger partial charge in [-0.25, -0.2) is 0 Å². The lowest BCUT2D eigenvalue weighted by atomic mass is 10.0. The predicted octanol–water partition coefficient (Wildman–Crippen LogP) is 9.97. The Labute approximate surface area is 237 Å². The summed E-state index contributed by atoms with van der Waals surface area (Å²) in [6.45, 7) is 2.63. The maximum absolute atomic E-state index is 12.2. The summed E-state index contributed by atoms with van der Waals surface area (Å²) in [7, 11) is 0. The van der Waals surface area contributed by atoms with Crippen LogP contribution in [0.2, 0.25) is 0 Å². The Hall–Kier alpha value is -2.56. The van der Waals surface area contributed by atoms with E-state index >= 15 is 0 Å². The molecule has 2 rings (SSSR count). The molecule has 1 heterocycles. The van der Waals surface area contributed by atoms with Gasteiger partial charge in [0, 0.05) is 17.7 Å². The summed E-state index contributed by atoms with van der Waals surface area (Å²) in [6.07, 6.45) is 27.8. The van der Waals surface area contributed by atoms with Crippen LogP contribution in [0.4, 0.5) is 5.69 Å². The lowest BCUT2D eigenvalue weighted by Gasteiger charge is -2.07. The lowest BCUT2D eigenvalue weighted by molar-refractivity contribution is -0.116. The summed E-state index contributed by atoms with van der Waals surface area (Å²) in [6, 6.07) is 10.6. The Kier molecular flexibility index (Phi) is 18.6. The molecule has 39 heavy (non-hydrogen) atoms. The van der Waals surface area contributed by atoms with Crippen LogP contribution in [0.5, 0.6) is 0 Å². The summed E-state index contributed by atoms with van der Waals surface area (Å²) in [4.78, 5) is 24.5. The van der Waals surface area contributed by atoms with Gasteiger partial charge in [0.2, 0.25) is 5.91 Å². The van der Waals surface area contributed by atoms with Crippen molar-refractivity contribution in [2.45, 2.75) is 142 Å². The molecule has 0 fully saturated rings. The minimum absolute atomic E-state index is 0.0389. The van der Waals surface area contributed by atoms with Crippen molar-refractivity contribution in [3.63, 3.8) is 0 Å². The van der Waals surface area contributed by atoms with Crippen molar-refractivity contribution in [2.75, 3.05) is 5.32 Å². The molecule has 0 aliphatic rings. The third kappa shape index (κ3) is 16.9. The topological polar surface area (TPSA) is 71.3 Å². The molecule has 0 atom stereocenters. The van der Waals surface area contributed by atoms with E-state index in [1.807, 2.05) is 6.07 Å². The van der Waals surface area contributed by atoms with E-state index in [1.165, 1.54) is 109 Å². The quantitative estimate of drug-likeness (QED) is 0.131. The highest BCUT2D eigenvalue weighted by atomic mass is 16.3. The molecule has 1 aromatic carbocycles. The zero-order valence-electron chi connectivity index (χ0n) is 24.6. The smallest absolute Gasteiger partial charge is 0.251 e. The standard InChI is InChI=1S/C34H54N2O3/c1-2-3-4-5-6-7-8-9-10-11-12-13-14-15-16-17-18-19-20-23-33(37)36-31-26-24-30(25-27-31)34(38)35-29-32-22-21-28-39-32/h21-22,24-28H,2-20,23,29H2,1H3,(H,35,38)(H,36,37). The monoisotopic (exact) mass is 538 g/mol. The fraction of sp³-hybridized carbons (Fsp3) is 0.647. The molecule has 218 valence electrons. The predicted molar refractivity (Wildman–Crippen MR) is 163 cm³/mol. The molecule has 0 aliphatic carbocycles. The highest BCUT2D eigenvalue weighted by Crippen LogP contribution is 2.15. The average molecular weight is 539 g/mol. The normalized spacial score (nSPS) is 11.0. The van der Waals surface area contributed by atoms with E-state index in [0.717, 1.165) is 18.5 Å². The van der Waals surface area contributed by atoms with Crippen LogP contribution in [-0.4, -0.2) is 11.8 Å². The van der Waals surface area contributed by atoms with Crippen LogP contribution in [0.1, 0.15) is 151 Å². The number of carbonyl (C=O) groups is 2. The average Bonchev–Trinajstić information content (AvgIpc) is 3.47. The number of carbonyl (C=O) groups excluding carboxylic acids is 2. The van der Waals surface area contributed by atoms with Crippen molar-refractivity contribution in [1.29, 1.82) is 0 Å². The van der Waals surface area contributed by atoms with E-state index in [4.69, 9.17) is 4.42 Å². The number of rotatable bonds is 24. The number of amides is 2. The van der Waals surface area contributed by atoms with Gasteiger partial charge in [-0.05, 0) is 42.8 Å². The summed E-state index contributed by atoms with van der Waals surface area (Å²) in [5.74, 6) is 0.581. The fourth-order valence-electron chi connectivity index (χ4n) is 4.98. The van der Waals surface area contributed by atoms with Gasteiger partial charge in [0.1, 0.15) is 5.76 Å². The molecule has 5 nitrogen and oxygen atoms in total. The van der Waals surface area contributed by atoms with Gasteiger partial charge in [-0.2, -0.15) is 0 Å². The summed E-state index contributed by atoms with van der Waals surface area (Å²) in [5.41, 5.74) is 1.28. The SMILES string of the molecule is CCCCCCCCCCCCCCCCCCCCCC(=O)Nc1ccc(C(=O)NCc2ccco2)cc1. The van der Waals surface area contributed by atoms with Crippen molar-refractivity contribution >= 4 is 17.5 Å². The lowest BCUT2D eigenvalue weighted by Crippen LogP contribution is -2.22. The van der Waals surface area contributed by atoms with E-state index in [2.05, 4.69) is 17.6 Å². The molecule has 1 aromatic heterocycles. The number of furan rings is 1. The van der Waals surface area contributed by atoms with E-state index in [0.29, 0.717) is 24.3 Å². The molecule has 0 bridgehead atoms. The highest BCUT2D eigenvalue weighted by molar-refractivity contribution is 5.95. The molecule has 0 saturated heterocycles. The first-order valence-corrected chi connectivity index (χ1v) is 15.9. The van der Waals surface area contributed by atoms with Crippen LogP contribution in [0.15, 0.2) is 47.1 Å². The van der Waals surface area contributed by atoms with Crippen LogP contribution < -0.4 is 10.6 Å². The van der Waals surface area contributed by atoms with Gasteiger partial charge < -0.3 is 15.1 Å². The Morgan fingerprint density at radius 2 is 1.13 bits per heavy atom. The Balaban J connectivity index is 1.35. The van der Waals surface area contributed by atoms with Gasteiger partial charge in [-0.1, -0.05) is 122 Å². The first-order chi connectivity index (χ1) is 19.2. The van der Waals surface area contributed by atoms with Crippen molar-refractivity contribution in [2.24, 2.45) is 0 Å². The number of hydrogen-bond donors (Lipinski definition) is 2. The first kappa shape index (κ1) is 32.7. The minimum Gasteiger partial charge on any atom is -0.467 e. The molecule has 2 N–H and O–H groups in total. The summed E-state index contributed by atoms with van der Waals surface area (Å²) < 4.78 is 5.22. The molecule has 0 saturated carbocycles. The molecular weight excluding hydrogens is 484 g/mol. The van der Waals surface area contributed by atoms with Crippen molar-refractivity contribution in [3.05, 3.63) is 54.0 Å². The van der Waals surface area contributed by atoms with Crippen molar-refractivity contribution in [1.82, 2.24) is 5.32 Å². The van der Waals surface area contributed by atoms with E-state index < -0.39 is 0 Å². The molecule has 0 unspecified atom stereocenters. The van der Waals surface area contributed by atoms with Gasteiger partial charge >= 0.3 is 0 Å². The molecule has 0 spiro atoms. The third-order valence-corrected chi connectivity index (χ3v) is 7.44. The highest BCUT2D eigenvalue weighted by Gasteiger charge is 2.07. The van der Waals surface area contributed by atoms with Gasteiger partial charge in [-0.3, -0.25) is 9.59 Å². The number of unbranched alkanes of at least 4 members (excludes halogenated alkanes) is 18. The third-order valence-electron chi connectivity index (χ3n) is 7.44. The van der Waals surface area contributed by atoms with Gasteiger partial charge in [0.05, 0.1) is 12.8 Å². The number of benzene rings is 1. The second-order valence-electron chi connectivity index (χ2n) is 11.0. The minimum atomic E-state index is -0.168. The largest absolute Gasteiger partial charge is 0.467 e. The molecule has 0 radical (unpaired) electrons. The van der Waals surface area contributed by atoms with Crippen LogP contribution in [0.25, 0.3) is 0 Å². The fourth-order valence-corrected chi connectivity index (χ4v) is 4.98. The van der Waals surface area contributed by atoms with Crippen molar-refractivity contribution in [3.8, 4) is 0 Å². The van der Waals surface area contributed by atoms with E-state index in [1.54, 1.807) is 36.6 Å². The molecule has 2 aromatic rings. The Bertz CT molecular complexity index is 861. The Morgan fingerprint density at radius 1 is 0.641 bits per heavy atom. The second-order valence-corrected chi connectivity index (χ2v) is 11.0. The zero-order chi connectivity index (χ0) is 27.8. The maximum Gasteiger partial charge on any atom is 0.251 e. The second kappa shape index (κ2) is 22.3. The molecular formula is C34H54N2O3. The number of anilines is 1. The van der Waals surface area contributed by atoms with Crippen LogP contribution in [0, 0.1) is 0 Å². The van der Waals surface area contributed by atoms with Crippen LogP contribution >= 0.6 is 0 Å².